The van der Waals surface area contributed by atoms with Gasteiger partial charge in [-0.1, -0.05) is 15.9 Å². The number of carbonyl (C=O) groups is 2. The van der Waals surface area contributed by atoms with Gasteiger partial charge in [0.25, 0.3) is 0 Å². The van der Waals surface area contributed by atoms with Gasteiger partial charge < -0.3 is 14.7 Å². The Labute approximate surface area is 129 Å². The summed E-state index contributed by atoms with van der Waals surface area (Å²) in [7, 11) is 0. The molecule has 0 bridgehead atoms. The highest BCUT2D eigenvalue weighted by Gasteiger charge is 2.30. The third kappa shape index (κ3) is 4.17. The number of nitrogens with zero attached hydrogens (tertiary/aromatic N) is 1. The molecule has 1 unspecified atom stereocenters. The lowest BCUT2D eigenvalue weighted by Gasteiger charge is -2.16. The molecule has 21 heavy (non-hydrogen) atoms. The molecule has 114 valence electrons. The number of amides is 1. The van der Waals surface area contributed by atoms with E-state index in [-0.39, 0.29) is 31.2 Å². The first kappa shape index (κ1) is 15.8. The van der Waals surface area contributed by atoms with Gasteiger partial charge >= 0.3 is 5.97 Å². The Hall–Kier alpha value is -1.63. The second-order valence-corrected chi connectivity index (χ2v) is 5.75. The van der Waals surface area contributed by atoms with Gasteiger partial charge in [0.15, 0.2) is 11.6 Å². The van der Waals surface area contributed by atoms with Crippen LogP contribution < -0.4 is 4.74 Å². The first-order valence-electron chi connectivity index (χ1n) is 6.56. The molecule has 5 nitrogen and oxygen atoms in total. The van der Waals surface area contributed by atoms with Crippen LogP contribution in [0.1, 0.15) is 12.8 Å². The van der Waals surface area contributed by atoms with E-state index < -0.39 is 17.7 Å². The predicted molar refractivity (Wildman–Crippen MR) is 76.5 cm³/mol. The number of carboxylic acid groups (broad SMARTS) is 1. The summed E-state index contributed by atoms with van der Waals surface area (Å²) in [6.07, 6.45) is 0.575. The van der Waals surface area contributed by atoms with Crippen LogP contribution in [0.5, 0.6) is 5.75 Å². The normalized spacial score (nSPS) is 17.8. The van der Waals surface area contributed by atoms with Crippen LogP contribution in [0.2, 0.25) is 0 Å². The van der Waals surface area contributed by atoms with Crippen LogP contribution in [-0.4, -0.2) is 41.6 Å². The van der Waals surface area contributed by atoms with Gasteiger partial charge in [0, 0.05) is 17.6 Å². The predicted octanol–water partition coefficient (Wildman–Crippen LogP) is 2.29. The molecule has 2 rings (SSSR count). The molecule has 1 atom stereocenters. The zero-order valence-electron chi connectivity index (χ0n) is 11.2. The largest absolute Gasteiger partial charge is 0.490 e. The first-order valence-corrected chi connectivity index (χ1v) is 7.35. The molecule has 1 amide bonds. The molecular weight excluding hydrogens is 345 g/mol. The summed E-state index contributed by atoms with van der Waals surface area (Å²) in [5.74, 6) is -1.94. The standard InChI is InChI=1S/C14H15BrFNO4/c15-10-1-2-12(11(16)7-10)21-6-4-13(18)17-5-3-9(8-17)14(19)20/h1-2,7,9H,3-6,8H2,(H,19,20). The van der Waals surface area contributed by atoms with E-state index in [1.54, 1.807) is 6.07 Å². The van der Waals surface area contributed by atoms with Gasteiger partial charge in [0.05, 0.1) is 18.9 Å². The summed E-state index contributed by atoms with van der Waals surface area (Å²) >= 11 is 3.15. The molecule has 1 fully saturated rings. The Morgan fingerprint density at radius 3 is 2.86 bits per heavy atom. The number of likely N-dealkylation sites (tertiary alicyclic amines) is 1. The van der Waals surface area contributed by atoms with Gasteiger partial charge in [-0.15, -0.1) is 0 Å². The van der Waals surface area contributed by atoms with Crippen molar-refractivity contribution in [2.24, 2.45) is 5.92 Å². The van der Waals surface area contributed by atoms with Gasteiger partial charge in [-0.3, -0.25) is 9.59 Å². The van der Waals surface area contributed by atoms with Crippen LogP contribution in [-0.2, 0) is 9.59 Å². The smallest absolute Gasteiger partial charge is 0.308 e. The van der Waals surface area contributed by atoms with E-state index >= 15 is 0 Å². The van der Waals surface area contributed by atoms with Crippen molar-refractivity contribution >= 4 is 27.8 Å². The maximum atomic E-state index is 13.5. The zero-order chi connectivity index (χ0) is 15.4. The minimum atomic E-state index is -0.876. The lowest BCUT2D eigenvalue weighted by molar-refractivity contribution is -0.141. The number of halogens is 2. The minimum Gasteiger partial charge on any atom is -0.490 e. The molecule has 1 aromatic rings. The number of hydrogen-bond acceptors (Lipinski definition) is 3. The Balaban J connectivity index is 1.78. The maximum absolute atomic E-state index is 13.5. The van der Waals surface area contributed by atoms with E-state index in [1.807, 2.05) is 0 Å². The van der Waals surface area contributed by atoms with Crippen molar-refractivity contribution in [3.8, 4) is 5.75 Å². The lowest BCUT2D eigenvalue weighted by atomic mass is 10.1. The SMILES string of the molecule is O=C(O)C1CCN(C(=O)CCOc2ccc(Br)cc2F)C1. The fraction of sp³-hybridized carbons (Fsp3) is 0.429. The van der Waals surface area contributed by atoms with Gasteiger partial charge in [0.2, 0.25) is 5.91 Å². The van der Waals surface area contributed by atoms with Crippen LogP contribution in [0.25, 0.3) is 0 Å². The highest BCUT2D eigenvalue weighted by atomic mass is 79.9. The van der Waals surface area contributed by atoms with Crippen molar-refractivity contribution < 1.29 is 23.8 Å². The number of aliphatic carboxylic acids is 1. The number of benzene rings is 1. The number of hydrogen-bond donors (Lipinski definition) is 1. The number of carbonyl (C=O) groups excluding carboxylic acids is 1. The molecule has 1 N–H and O–H groups in total. The summed E-state index contributed by atoms with van der Waals surface area (Å²) in [5, 5.41) is 8.88. The molecule has 1 aliphatic heterocycles. The first-order chi connectivity index (χ1) is 9.97. The quantitative estimate of drug-likeness (QED) is 0.875. The van der Waals surface area contributed by atoms with E-state index in [0.717, 1.165) is 0 Å². The van der Waals surface area contributed by atoms with Crippen molar-refractivity contribution in [1.82, 2.24) is 4.90 Å². The van der Waals surface area contributed by atoms with Crippen LogP contribution >= 0.6 is 15.9 Å². The van der Waals surface area contributed by atoms with Crippen molar-refractivity contribution in [1.29, 1.82) is 0 Å². The van der Waals surface area contributed by atoms with E-state index in [0.29, 0.717) is 17.4 Å². The van der Waals surface area contributed by atoms with Crippen LogP contribution in [0.4, 0.5) is 4.39 Å². The van der Waals surface area contributed by atoms with E-state index in [2.05, 4.69) is 15.9 Å². The van der Waals surface area contributed by atoms with E-state index in [4.69, 9.17) is 9.84 Å². The minimum absolute atomic E-state index is 0.0611. The lowest BCUT2D eigenvalue weighted by Crippen LogP contribution is -2.30. The molecule has 1 aliphatic rings. The van der Waals surface area contributed by atoms with E-state index in [9.17, 15) is 14.0 Å². The third-order valence-electron chi connectivity index (χ3n) is 3.36. The molecule has 0 saturated carbocycles. The molecule has 0 spiro atoms. The van der Waals surface area contributed by atoms with Gasteiger partial charge in [-0.2, -0.15) is 0 Å². The average molecular weight is 360 g/mol. The van der Waals surface area contributed by atoms with Crippen molar-refractivity contribution in [2.45, 2.75) is 12.8 Å². The topological polar surface area (TPSA) is 66.8 Å². The summed E-state index contributed by atoms with van der Waals surface area (Å²) in [4.78, 5) is 24.2. The van der Waals surface area contributed by atoms with Crippen molar-refractivity contribution in [2.75, 3.05) is 19.7 Å². The summed E-state index contributed by atoms with van der Waals surface area (Å²) in [6.45, 7) is 0.745. The highest BCUT2D eigenvalue weighted by Crippen LogP contribution is 2.22. The molecule has 0 radical (unpaired) electrons. The molecule has 1 saturated heterocycles. The second kappa shape index (κ2) is 6.89. The number of rotatable bonds is 5. The highest BCUT2D eigenvalue weighted by molar-refractivity contribution is 9.10. The molecular formula is C14H15BrFNO4. The molecule has 1 aromatic carbocycles. The second-order valence-electron chi connectivity index (χ2n) is 4.84. The van der Waals surface area contributed by atoms with Gasteiger partial charge in [0.1, 0.15) is 0 Å². The van der Waals surface area contributed by atoms with Crippen LogP contribution in [0.3, 0.4) is 0 Å². The molecule has 0 aromatic heterocycles. The Morgan fingerprint density at radius 2 is 2.24 bits per heavy atom. The molecule has 0 aliphatic carbocycles. The molecule has 7 heteroatoms. The number of carboxylic acids is 1. The number of ether oxygens (including phenoxy) is 1. The fourth-order valence-corrected chi connectivity index (χ4v) is 2.52. The summed E-state index contributed by atoms with van der Waals surface area (Å²) in [5.41, 5.74) is 0. The third-order valence-corrected chi connectivity index (χ3v) is 3.85. The Bertz CT molecular complexity index is 552. The average Bonchev–Trinajstić information content (AvgIpc) is 2.91. The zero-order valence-corrected chi connectivity index (χ0v) is 12.8. The molecule has 1 heterocycles. The van der Waals surface area contributed by atoms with Crippen molar-refractivity contribution in [3.63, 3.8) is 0 Å². The Kier molecular flexibility index (Phi) is 5.17. The van der Waals surface area contributed by atoms with Gasteiger partial charge in [-0.25, -0.2) is 4.39 Å². The maximum Gasteiger partial charge on any atom is 0.308 e. The van der Waals surface area contributed by atoms with Crippen LogP contribution in [0.15, 0.2) is 22.7 Å². The monoisotopic (exact) mass is 359 g/mol. The summed E-state index contributed by atoms with van der Waals surface area (Å²) < 4.78 is 19.3. The van der Waals surface area contributed by atoms with Crippen molar-refractivity contribution in [3.05, 3.63) is 28.5 Å². The van der Waals surface area contributed by atoms with E-state index in [1.165, 1.54) is 17.0 Å². The van der Waals surface area contributed by atoms with Crippen LogP contribution in [0, 0.1) is 11.7 Å². The Morgan fingerprint density at radius 1 is 1.48 bits per heavy atom. The summed E-state index contributed by atoms with van der Waals surface area (Å²) in [6, 6.07) is 4.42. The fourth-order valence-electron chi connectivity index (χ4n) is 2.19. The van der Waals surface area contributed by atoms with Gasteiger partial charge in [-0.05, 0) is 24.6 Å².